The van der Waals surface area contributed by atoms with Crippen molar-refractivity contribution in [1.29, 1.82) is 0 Å². The first-order valence-corrected chi connectivity index (χ1v) is 7.43. The molecule has 1 aromatic rings. The van der Waals surface area contributed by atoms with Gasteiger partial charge in [-0.3, -0.25) is 0 Å². The Morgan fingerprint density at radius 1 is 1.47 bits per heavy atom. The Hall–Kier alpha value is -0.680. The molecule has 0 saturated carbocycles. The molecule has 1 aliphatic rings. The Morgan fingerprint density at radius 2 is 2.24 bits per heavy atom. The molecule has 1 fully saturated rings. The van der Waals surface area contributed by atoms with Crippen LogP contribution in [0, 0.1) is 0 Å². The molecule has 17 heavy (non-hydrogen) atoms. The zero-order chi connectivity index (χ0) is 12.1. The van der Waals surface area contributed by atoms with Crippen LogP contribution in [0.3, 0.4) is 0 Å². The Balaban J connectivity index is 2.04. The summed E-state index contributed by atoms with van der Waals surface area (Å²) in [6, 6.07) is 0.484. The Bertz CT molecular complexity index is 368. The maximum Gasteiger partial charge on any atom is 0.224 e. The zero-order valence-corrected chi connectivity index (χ0v) is 11.4. The van der Waals surface area contributed by atoms with Gasteiger partial charge in [0.2, 0.25) is 5.95 Å². The summed E-state index contributed by atoms with van der Waals surface area (Å²) in [7, 11) is 0. The van der Waals surface area contributed by atoms with E-state index < -0.39 is 0 Å². The second-order valence-electron chi connectivity index (χ2n) is 3.95. The summed E-state index contributed by atoms with van der Waals surface area (Å²) < 4.78 is 0. The highest BCUT2D eigenvalue weighted by Gasteiger charge is 2.15. The molecule has 94 valence electrons. The predicted molar refractivity (Wildman–Crippen MR) is 75.2 cm³/mol. The number of nitrogens with one attached hydrogen (secondary N) is 2. The summed E-state index contributed by atoms with van der Waals surface area (Å²) in [5, 5.41) is 7.09. The third-order valence-corrected chi connectivity index (χ3v) is 3.97. The highest BCUT2D eigenvalue weighted by Crippen LogP contribution is 2.24. The molecule has 2 rings (SSSR count). The average Bonchev–Trinajstić information content (AvgIpc) is 2.35. The van der Waals surface area contributed by atoms with E-state index in [1.54, 1.807) is 6.20 Å². The second kappa shape index (κ2) is 6.31. The van der Waals surface area contributed by atoms with Crippen molar-refractivity contribution in [2.45, 2.75) is 25.8 Å². The molecule has 0 atom stereocenters. The Morgan fingerprint density at radius 3 is 2.94 bits per heavy atom. The highest BCUT2D eigenvalue weighted by molar-refractivity contribution is 7.99. The lowest BCUT2D eigenvalue weighted by molar-refractivity contribution is 0.663. The molecular formula is C11H17ClN4S. The van der Waals surface area contributed by atoms with Crippen molar-refractivity contribution in [3.63, 3.8) is 0 Å². The first-order chi connectivity index (χ1) is 8.29. The molecule has 1 aromatic heterocycles. The monoisotopic (exact) mass is 272 g/mol. The average molecular weight is 273 g/mol. The molecular weight excluding hydrogens is 256 g/mol. The van der Waals surface area contributed by atoms with Crippen LogP contribution in [-0.2, 0) is 0 Å². The summed E-state index contributed by atoms with van der Waals surface area (Å²) in [5.41, 5.74) is 0. The minimum atomic E-state index is 0.484. The van der Waals surface area contributed by atoms with Gasteiger partial charge in [0.05, 0.1) is 6.20 Å². The summed E-state index contributed by atoms with van der Waals surface area (Å²) in [6.45, 7) is 2.82. The Kier molecular flexibility index (Phi) is 4.74. The molecule has 1 saturated heterocycles. The van der Waals surface area contributed by atoms with Crippen molar-refractivity contribution in [2.75, 3.05) is 28.7 Å². The number of aromatic nitrogens is 2. The highest BCUT2D eigenvalue weighted by atomic mass is 35.5. The molecule has 0 spiro atoms. The van der Waals surface area contributed by atoms with Crippen molar-refractivity contribution >= 4 is 35.1 Å². The van der Waals surface area contributed by atoms with Gasteiger partial charge in [0.25, 0.3) is 0 Å². The molecule has 4 nitrogen and oxygen atoms in total. The van der Waals surface area contributed by atoms with Gasteiger partial charge in [-0.15, -0.1) is 0 Å². The lowest BCUT2D eigenvalue weighted by Gasteiger charge is -2.23. The summed E-state index contributed by atoms with van der Waals surface area (Å²) in [4.78, 5) is 8.51. The largest absolute Gasteiger partial charge is 0.366 e. The number of hydrogen-bond acceptors (Lipinski definition) is 5. The van der Waals surface area contributed by atoms with Gasteiger partial charge < -0.3 is 10.6 Å². The number of anilines is 2. The summed E-state index contributed by atoms with van der Waals surface area (Å²) >= 11 is 8.10. The fourth-order valence-corrected chi connectivity index (χ4v) is 3.00. The minimum absolute atomic E-state index is 0.484. The van der Waals surface area contributed by atoms with E-state index in [9.17, 15) is 0 Å². The van der Waals surface area contributed by atoms with Crippen LogP contribution in [0.5, 0.6) is 0 Å². The van der Waals surface area contributed by atoms with Gasteiger partial charge in [0.15, 0.2) is 5.82 Å². The minimum Gasteiger partial charge on any atom is -0.366 e. The van der Waals surface area contributed by atoms with Gasteiger partial charge in [0.1, 0.15) is 5.02 Å². The number of hydrogen-bond donors (Lipinski definition) is 2. The van der Waals surface area contributed by atoms with E-state index in [2.05, 4.69) is 20.6 Å². The lowest BCUT2D eigenvalue weighted by atomic mass is 10.1. The molecule has 0 bridgehead atoms. The smallest absolute Gasteiger partial charge is 0.224 e. The molecule has 0 aliphatic carbocycles. The second-order valence-corrected chi connectivity index (χ2v) is 5.58. The molecule has 0 amide bonds. The van der Waals surface area contributed by atoms with Crippen molar-refractivity contribution in [1.82, 2.24) is 9.97 Å². The predicted octanol–water partition coefficient (Wildman–Crippen LogP) is 2.87. The van der Waals surface area contributed by atoms with Gasteiger partial charge in [-0.2, -0.15) is 16.7 Å². The maximum atomic E-state index is 6.10. The quantitative estimate of drug-likeness (QED) is 0.883. The fraction of sp³-hybridized carbons (Fsp3) is 0.636. The van der Waals surface area contributed by atoms with Crippen LogP contribution in [0.4, 0.5) is 11.8 Å². The van der Waals surface area contributed by atoms with Crippen molar-refractivity contribution in [2.24, 2.45) is 0 Å². The molecule has 0 radical (unpaired) electrons. The topological polar surface area (TPSA) is 49.8 Å². The molecule has 6 heteroatoms. The summed E-state index contributed by atoms with van der Waals surface area (Å²) in [6.07, 6.45) is 3.98. The standard InChI is InChI=1S/C11H17ClN4S/c1-2-13-11-14-7-9(12)10(16-11)15-8-3-5-17-6-4-8/h7-8H,2-6H2,1H3,(H2,13,14,15,16). The van der Waals surface area contributed by atoms with Crippen LogP contribution in [0.25, 0.3) is 0 Å². The van der Waals surface area contributed by atoms with E-state index in [-0.39, 0.29) is 0 Å². The van der Waals surface area contributed by atoms with Crippen molar-refractivity contribution < 1.29 is 0 Å². The lowest BCUT2D eigenvalue weighted by Crippen LogP contribution is -2.25. The molecule has 0 unspecified atom stereocenters. The van der Waals surface area contributed by atoms with Crippen LogP contribution in [0.15, 0.2) is 6.20 Å². The van der Waals surface area contributed by atoms with E-state index in [0.29, 0.717) is 17.0 Å². The molecule has 1 aliphatic heterocycles. The number of rotatable bonds is 4. The van der Waals surface area contributed by atoms with Crippen LogP contribution < -0.4 is 10.6 Å². The number of thioether (sulfide) groups is 1. The fourth-order valence-electron chi connectivity index (χ4n) is 1.75. The van der Waals surface area contributed by atoms with E-state index in [1.165, 1.54) is 24.3 Å². The Labute approximate surface area is 111 Å². The third-order valence-electron chi connectivity index (χ3n) is 2.64. The van der Waals surface area contributed by atoms with Gasteiger partial charge in [-0.05, 0) is 31.3 Å². The van der Waals surface area contributed by atoms with E-state index >= 15 is 0 Å². The van der Waals surface area contributed by atoms with Gasteiger partial charge in [0, 0.05) is 12.6 Å². The van der Waals surface area contributed by atoms with Gasteiger partial charge in [-0.25, -0.2) is 4.98 Å². The van der Waals surface area contributed by atoms with E-state index in [1.807, 2.05) is 18.7 Å². The van der Waals surface area contributed by atoms with E-state index in [0.717, 1.165) is 12.4 Å². The van der Waals surface area contributed by atoms with Crippen molar-refractivity contribution in [3.8, 4) is 0 Å². The van der Waals surface area contributed by atoms with E-state index in [4.69, 9.17) is 11.6 Å². The molecule has 2 N–H and O–H groups in total. The van der Waals surface area contributed by atoms with Crippen LogP contribution in [0.1, 0.15) is 19.8 Å². The van der Waals surface area contributed by atoms with Crippen LogP contribution >= 0.6 is 23.4 Å². The number of halogens is 1. The number of nitrogens with zero attached hydrogens (tertiary/aromatic N) is 2. The molecule has 0 aromatic carbocycles. The maximum absolute atomic E-state index is 6.10. The zero-order valence-electron chi connectivity index (χ0n) is 9.87. The van der Waals surface area contributed by atoms with Crippen LogP contribution in [0.2, 0.25) is 5.02 Å². The summed E-state index contributed by atoms with van der Waals surface area (Å²) in [5.74, 6) is 3.79. The van der Waals surface area contributed by atoms with Gasteiger partial charge >= 0.3 is 0 Å². The first-order valence-electron chi connectivity index (χ1n) is 5.90. The first kappa shape index (κ1) is 12.8. The third kappa shape index (κ3) is 3.64. The molecule has 2 heterocycles. The van der Waals surface area contributed by atoms with Crippen LogP contribution in [-0.4, -0.2) is 34.1 Å². The van der Waals surface area contributed by atoms with Crippen molar-refractivity contribution in [3.05, 3.63) is 11.2 Å². The normalized spacial score (nSPS) is 16.8. The van der Waals surface area contributed by atoms with Gasteiger partial charge in [-0.1, -0.05) is 11.6 Å². The SMILES string of the molecule is CCNc1ncc(Cl)c(NC2CCSCC2)n1.